The number of anilines is 1. The second kappa shape index (κ2) is 13.5. The molecule has 7 nitrogen and oxygen atoms in total. The first-order chi connectivity index (χ1) is 19.5. The summed E-state index contributed by atoms with van der Waals surface area (Å²) in [6.07, 6.45) is 0.282. The van der Waals surface area contributed by atoms with Crippen molar-refractivity contribution in [1.82, 2.24) is 10.2 Å². The SMILES string of the molecule is CC[C@H](C(=O)NC(C)(C)C)N(Cc1c(Cl)cccc1Cl)C(=O)CN(c1ccc(C)cc1C)S(=O)(=O)c1ccc(C)cc1. The molecule has 42 heavy (non-hydrogen) atoms. The smallest absolute Gasteiger partial charge is 0.264 e. The number of carbonyl (C=O) groups is 2. The number of aryl methyl sites for hydroxylation is 3. The zero-order valence-corrected chi connectivity index (χ0v) is 27.5. The van der Waals surface area contributed by atoms with Crippen LogP contribution in [-0.2, 0) is 26.2 Å². The Morgan fingerprint density at radius 2 is 1.48 bits per heavy atom. The number of hydrogen-bond donors (Lipinski definition) is 1. The predicted octanol–water partition coefficient (Wildman–Crippen LogP) is 6.84. The molecule has 0 aromatic heterocycles. The average molecular weight is 633 g/mol. The summed E-state index contributed by atoms with van der Waals surface area (Å²) in [6.45, 7) is 12.3. The molecule has 1 atom stereocenters. The molecule has 0 saturated heterocycles. The Morgan fingerprint density at radius 3 is 2.00 bits per heavy atom. The minimum Gasteiger partial charge on any atom is -0.350 e. The molecule has 10 heteroatoms. The van der Waals surface area contributed by atoms with Gasteiger partial charge in [-0.1, -0.05) is 71.6 Å². The van der Waals surface area contributed by atoms with Gasteiger partial charge in [-0.25, -0.2) is 8.42 Å². The Morgan fingerprint density at radius 1 is 0.905 bits per heavy atom. The van der Waals surface area contributed by atoms with Gasteiger partial charge in [0, 0.05) is 27.7 Å². The van der Waals surface area contributed by atoms with E-state index in [0.717, 1.165) is 15.4 Å². The van der Waals surface area contributed by atoms with Crippen molar-refractivity contribution in [1.29, 1.82) is 0 Å². The van der Waals surface area contributed by atoms with Crippen LogP contribution in [0.1, 0.15) is 56.4 Å². The van der Waals surface area contributed by atoms with Crippen LogP contribution in [-0.4, -0.2) is 43.3 Å². The maximum atomic E-state index is 14.3. The van der Waals surface area contributed by atoms with E-state index in [-0.39, 0.29) is 23.8 Å². The van der Waals surface area contributed by atoms with Gasteiger partial charge in [0.2, 0.25) is 11.8 Å². The van der Waals surface area contributed by atoms with Gasteiger partial charge in [-0.2, -0.15) is 0 Å². The molecule has 3 rings (SSSR count). The zero-order chi connectivity index (χ0) is 31.4. The van der Waals surface area contributed by atoms with Crippen molar-refractivity contribution in [2.45, 2.75) is 77.9 Å². The fourth-order valence-corrected chi connectivity index (χ4v) is 6.66. The first-order valence-electron chi connectivity index (χ1n) is 13.8. The number of sulfonamides is 1. The van der Waals surface area contributed by atoms with E-state index in [9.17, 15) is 18.0 Å². The van der Waals surface area contributed by atoms with Crippen LogP contribution in [0.2, 0.25) is 10.0 Å². The van der Waals surface area contributed by atoms with Gasteiger partial charge in [0.25, 0.3) is 10.0 Å². The number of benzene rings is 3. The summed E-state index contributed by atoms with van der Waals surface area (Å²) in [5.74, 6) is -0.932. The van der Waals surface area contributed by atoms with Crippen LogP contribution in [0.4, 0.5) is 5.69 Å². The summed E-state index contributed by atoms with van der Waals surface area (Å²) in [5, 5.41) is 3.63. The summed E-state index contributed by atoms with van der Waals surface area (Å²) >= 11 is 13.0. The number of amides is 2. The topological polar surface area (TPSA) is 86.8 Å². The molecule has 0 saturated carbocycles. The van der Waals surface area contributed by atoms with E-state index in [2.05, 4.69) is 5.32 Å². The van der Waals surface area contributed by atoms with Crippen LogP contribution >= 0.6 is 23.2 Å². The normalized spacial score (nSPS) is 12.5. The van der Waals surface area contributed by atoms with Gasteiger partial charge in [-0.05, 0) is 83.9 Å². The standard InChI is InChI=1S/C32H39Cl2N3O4S/c1-8-28(31(39)35-32(5,6)7)36(19-25-26(33)10-9-11-27(25)34)30(38)20-37(29-17-14-22(3)18-23(29)4)42(40,41)24-15-12-21(2)13-16-24/h9-18,28H,8,19-20H2,1-7H3,(H,35,39)/t28-/m1/s1. The molecule has 0 spiro atoms. The molecule has 0 aliphatic carbocycles. The fraction of sp³-hybridized carbons (Fsp3) is 0.375. The van der Waals surface area contributed by atoms with Gasteiger partial charge in [-0.15, -0.1) is 0 Å². The van der Waals surface area contributed by atoms with Crippen molar-refractivity contribution in [3.8, 4) is 0 Å². The van der Waals surface area contributed by atoms with Crippen molar-refractivity contribution in [2.24, 2.45) is 0 Å². The molecular formula is C32H39Cl2N3O4S. The molecule has 0 radical (unpaired) electrons. The molecule has 0 unspecified atom stereocenters. The number of rotatable bonds is 10. The number of nitrogens with one attached hydrogen (secondary N) is 1. The van der Waals surface area contributed by atoms with Crippen molar-refractivity contribution in [3.63, 3.8) is 0 Å². The number of halogens is 2. The minimum atomic E-state index is -4.17. The molecule has 3 aromatic carbocycles. The second-order valence-electron chi connectivity index (χ2n) is 11.5. The first-order valence-corrected chi connectivity index (χ1v) is 16.0. The summed E-state index contributed by atoms with van der Waals surface area (Å²) in [6, 6.07) is 15.9. The molecule has 0 aliphatic heterocycles. The highest BCUT2D eigenvalue weighted by molar-refractivity contribution is 7.92. The highest BCUT2D eigenvalue weighted by Crippen LogP contribution is 2.30. The monoisotopic (exact) mass is 631 g/mol. The largest absolute Gasteiger partial charge is 0.350 e. The lowest BCUT2D eigenvalue weighted by atomic mass is 10.1. The van der Waals surface area contributed by atoms with E-state index in [1.165, 1.54) is 17.0 Å². The number of carbonyl (C=O) groups excluding carboxylic acids is 2. The van der Waals surface area contributed by atoms with Crippen molar-refractivity contribution in [3.05, 3.63) is 93.0 Å². The fourth-order valence-electron chi connectivity index (χ4n) is 4.66. The molecular weight excluding hydrogens is 593 g/mol. The lowest BCUT2D eigenvalue weighted by molar-refractivity contribution is -0.141. The maximum Gasteiger partial charge on any atom is 0.264 e. The van der Waals surface area contributed by atoms with Gasteiger partial charge in [-0.3, -0.25) is 13.9 Å². The van der Waals surface area contributed by atoms with E-state index in [1.807, 2.05) is 40.7 Å². The van der Waals surface area contributed by atoms with Crippen LogP contribution < -0.4 is 9.62 Å². The predicted molar refractivity (Wildman–Crippen MR) is 171 cm³/mol. The van der Waals surface area contributed by atoms with Crippen LogP contribution in [0.15, 0.2) is 65.6 Å². The third-order valence-electron chi connectivity index (χ3n) is 6.78. The lowest BCUT2D eigenvalue weighted by Crippen LogP contribution is -2.55. The average Bonchev–Trinajstić information content (AvgIpc) is 2.88. The van der Waals surface area contributed by atoms with E-state index < -0.39 is 34.1 Å². The van der Waals surface area contributed by atoms with Crippen LogP contribution in [0, 0.1) is 20.8 Å². The highest BCUT2D eigenvalue weighted by Gasteiger charge is 2.35. The Kier molecular flexibility index (Phi) is 10.7. The summed E-state index contributed by atoms with van der Waals surface area (Å²) < 4.78 is 29.3. The Hall–Kier alpha value is -3.07. The molecule has 1 N–H and O–H groups in total. The van der Waals surface area contributed by atoms with E-state index in [0.29, 0.717) is 26.9 Å². The van der Waals surface area contributed by atoms with E-state index >= 15 is 0 Å². The molecule has 3 aromatic rings. The minimum absolute atomic E-state index is 0.0547. The molecule has 226 valence electrons. The van der Waals surface area contributed by atoms with E-state index in [1.54, 1.807) is 56.3 Å². The van der Waals surface area contributed by atoms with Gasteiger partial charge in [0.15, 0.2) is 0 Å². The third-order valence-corrected chi connectivity index (χ3v) is 9.27. The summed E-state index contributed by atoms with van der Waals surface area (Å²) in [7, 11) is -4.17. The molecule has 0 heterocycles. The summed E-state index contributed by atoms with van der Waals surface area (Å²) in [4.78, 5) is 29.2. The maximum absolute atomic E-state index is 14.3. The van der Waals surface area contributed by atoms with Crippen molar-refractivity contribution >= 4 is 50.7 Å². The van der Waals surface area contributed by atoms with Gasteiger partial charge < -0.3 is 10.2 Å². The van der Waals surface area contributed by atoms with Crippen LogP contribution in [0.3, 0.4) is 0 Å². The van der Waals surface area contributed by atoms with Crippen LogP contribution in [0.5, 0.6) is 0 Å². The Labute approximate surface area is 259 Å². The van der Waals surface area contributed by atoms with Crippen LogP contribution in [0.25, 0.3) is 0 Å². The Balaban J connectivity index is 2.15. The quantitative estimate of drug-likeness (QED) is 0.265. The van der Waals surface area contributed by atoms with Crippen molar-refractivity contribution in [2.75, 3.05) is 10.8 Å². The number of hydrogen-bond acceptors (Lipinski definition) is 4. The van der Waals surface area contributed by atoms with Gasteiger partial charge >= 0.3 is 0 Å². The third kappa shape index (κ3) is 8.06. The Bertz CT molecular complexity index is 1530. The summed E-state index contributed by atoms with van der Waals surface area (Å²) in [5.41, 5.74) is 2.84. The highest BCUT2D eigenvalue weighted by atomic mass is 35.5. The van der Waals surface area contributed by atoms with Gasteiger partial charge in [0.05, 0.1) is 10.6 Å². The second-order valence-corrected chi connectivity index (χ2v) is 14.2. The number of nitrogens with zero attached hydrogens (tertiary/aromatic N) is 2. The lowest BCUT2D eigenvalue weighted by Gasteiger charge is -2.35. The van der Waals surface area contributed by atoms with Gasteiger partial charge in [0.1, 0.15) is 12.6 Å². The van der Waals surface area contributed by atoms with E-state index in [4.69, 9.17) is 23.2 Å². The molecule has 2 amide bonds. The molecule has 0 aliphatic rings. The molecule has 0 bridgehead atoms. The zero-order valence-electron chi connectivity index (χ0n) is 25.2. The molecule has 0 fully saturated rings. The first kappa shape index (κ1) is 33.4. The van der Waals surface area contributed by atoms with Crippen molar-refractivity contribution < 1.29 is 18.0 Å².